The zero-order valence-electron chi connectivity index (χ0n) is 15.3. The van der Waals surface area contributed by atoms with Gasteiger partial charge in [-0.05, 0) is 80.1 Å². The summed E-state index contributed by atoms with van der Waals surface area (Å²) in [6.07, 6.45) is 5.16. The molecule has 2 heterocycles. The predicted octanol–water partition coefficient (Wildman–Crippen LogP) is 4.56. The summed E-state index contributed by atoms with van der Waals surface area (Å²) in [5.74, 6) is 0.0846. The van der Waals surface area contributed by atoms with E-state index in [9.17, 15) is 9.59 Å². The Morgan fingerprint density at radius 3 is 2.22 bits per heavy atom. The number of rotatable bonds is 2. The Kier molecular flexibility index (Phi) is 5.17. The van der Waals surface area contributed by atoms with Crippen molar-refractivity contribution in [1.29, 1.82) is 0 Å². The first-order valence-corrected chi connectivity index (χ1v) is 10.0. The quantitative estimate of drug-likeness (QED) is 0.763. The van der Waals surface area contributed by atoms with Gasteiger partial charge in [-0.25, -0.2) is 0 Å². The number of hydrogen-bond acceptors (Lipinski definition) is 2. The molecule has 4 nitrogen and oxygen atoms in total. The van der Waals surface area contributed by atoms with Gasteiger partial charge in [-0.3, -0.25) is 9.59 Å². The highest BCUT2D eigenvalue weighted by atomic mass is 35.5. The molecule has 4 rings (SSSR count). The summed E-state index contributed by atoms with van der Waals surface area (Å²) in [6, 6.07) is 12.8. The van der Waals surface area contributed by atoms with Gasteiger partial charge in [-0.2, -0.15) is 0 Å². The maximum atomic E-state index is 12.9. The molecule has 0 radical (unpaired) electrons. The van der Waals surface area contributed by atoms with Crippen LogP contribution in [0.15, 0.2) is 42.5 Å². The molecule has 140 valence electrons. The number of carbonyl (C=O) groups is 2. The highest BCUT2D eigenvalue weighted by Gasteiger charge is 2.25. The maximum Gasteiger partial charge on any atom is 0.258 e. The van der Waals surface area contributed by atoms with Gasteiger partial charge < -0.3 is 9.80 Å². The summed E-state index contributed by atoms with van der Waals surface area (Å²) in [7, 11) is 0. The molecule has 0 spiro atoms. The van der Waals surface area contributed by atoms with Gasteiger partial charge in [0.1, 0.15) is 0 Å². The molecule has 0 saturated carbocycles. The molecule has 1 fully saturated rings. The fourth-order valence-electron chi connectivity index (χ4n) is 3.97. The van der Waals surface area contributed by atoms with E-state index in [2.05, 4.69) is 0 Å². The van der Waals surface area contributed by atoms with E-state index in [1.165, 1.54) is 6.42 Å². The van der Waals surface area contributed by atoms with Crippen molar-refractivity contribution in [1.82, 2.24) is 4.90 Å². The van der Waals surface area contributed by atoms with E-state index < -0.39 is 0 Å². The van der Waals surface area contributed by atoms with Crippen LogP contribution in [0.1, 0.15) is 52.0 Å². The van der Waals surface area contributed by atoms with Crippen molar-refractivity contribution in [2.75, 3.05) is 24.5 Å². The van der Waals surface area contributed by atoms with Crippen LogP contribution in [0.25, 0.3) is 0 Å². The summed E-state index contributed by atoms with van der Waals surface area (Å²) in [4.78, 5) is 29.5. The Bertz CT molecular complexity index is 857. The van der Waals surface area contributed by atoms with Crippen molar-refractivity contribution in [3.63, 3.8) is 0 Å². The first-order valence-electron chi connectivity index (χ1n) is 9.63. The van der Waals surface area contributed by atoms with Crippen LogP contribution in [-0.2, 0) is 6.42 Å². The number of likely N-dealkylation sites (tertiary alicyclic amines) is 1. The van der Waals surface area contributed by atoms with Crippen LogP contribution in [-0.4, -0.2) is 36.3 Å². The van der Waals surface area contributed by atoms with Crippen LogP contribution >= 0.6 is 11.6 Å². The highest BCUT2D eigenvalue weighted by Crippen LogP contribution is 2.30. The molecule has 27 heavy (non-hydrogen) atoms. The van der Waals surface area contributed by atoms with Gasteiger partial charge in [0.2, 0.25) is 0 Å². The molecule has 5 heteroatoms. The molecular formula is C22H23ClN2O2. The van der Waals surface area contributed by atoms with Gasteiger partial charge in [0.15, 0.2) is 0 Å². The molecule has 0 unspecified atom stereocenters. The van der Waals surface area contributed by atoms with Crippen LogP contribution in [0.5, 0.6) is 0 Å². The zero-order valence-corrected chi connectivity index (χ0v) is 16.0. The van der Waals surface area contributed by atoms with E-state index in [0.717, 1.165) is 55.6 Å². The topological polar surface area (TPSA) is 40.6 Å². The number of hydrogen-bond donors (Lipinski definition) is 0. The number of nitrogens with zero attached hydrogens (tertiary/aromatic N) is 2. The summed E-state index contributed by atoms with van der Waals surface area (Å²) in [6.45, 7) is 2.38. The minimum Gasteiger partial charge on any atom is -0.339 e. The molecule has 2 aromatic rings. The van der Waals surface area contributed by atoms with Crippen LogP contribution in [0.4, 0.5) is 5.69 Å². The highest BCUT2D eigenvalue weighted by molar-refractivity contribution is 6.30. The first-order chi connectivity index (χ1) is 13.1. The van der Waals surface area contributed by atoms with Crippen molar-refractivity contribution in [2.24, 2.45) is 0 Å². The van der Waals surface area contributed by atoms with Crippen LogP contribution in [0, 0.1) is 0 Å². The van der Waals surface area contributed by atoms with Crippen molar-refractivity contribution in [3.05, 3.63) is 64.2 Å². The monoisotopic (exact) mass is 382 g/mol. The number of fused-ring (bicyclic) bond motifs is 1. The largest absolute Gasteiger partial charge is 0.339 e. The predicted molar refractivity (Wildman–Crippen MR) is 108 cm³/mol. The number of piperidine rings is 1. The SMILES string of the molecule is O=C(c1ccc2c(c1)CCCN2C(=O)c1ccc(Cl)cc1)N1CCCCC1. The third-order valence-electron chi connectivity index (χ3n) is 5.42. The average Bonchev–Trinajstić information content (AvgIpc) is 2.73. The van der Waals surface area contributed by atoms with Gasteiger partial charge in [-0.1, -0.05) is 11.6 Å². The van der Waals surface area contributed by atoms with Crippen molar-refractivity contribution in [2.45, 2.75) is 32.1 Å². The lowest BCUT2D eigenvalue weighted by Crippen LogP contribution is -2.37. The molecule has 0 atom stereocenters. The summed E-state index contributed by atoms with van der Waals surface area (Å²) >= 11 is 5.93. The molecule has 0 N–H and O–H groups in total. The minimum atomic E-state index is -0.0253. The Morgan fingerprint density at radius 1 is 0.778 bits per heavy atom. The second-order valence-electron chi connectivity index (χ2n) is 7.26. The molecule has 2 aliphatic heterocycles. The van der Waals surface area contributed by atoms with Gasteiger partial charge in [0, 0.05) is 41.5 Å². The van der Waals surface area contributed by atoms with Crippen LogP contribution < -0.4 is 4.90 Å². The lowest BCUT2D eigenvalue weighted by Gasteiger charge is -2.31. The van der Waals surface area contributed by atoms with E-state index >= 15 is 0 Å². The second kappa shape index (κ2) is 7.73. The number of halogens is 1. The fourth-order valence-corrected chi connectivity index (χ4v) is 4.09. The van der Waals surface area contributed by atoms with E-state index in [1.54, 1.807) is 24.3 Å². The van der Waals surface area contributed by atoms with Crippen LogP contribution in [0.2, 0.25) is 5.02 Å². The normalized spacial score (nSPS) is 16.8. The number of aryl methyl sites for hydroxylation is 1. The van der Waals surface area contributed by atoms with E-state index in [0.29, 0.717) is 17.1 Å². The standard InChI is InChI=1S/C22H23ClN2O2/c23-19-9-6-16(7-10-19)22(27)25-14-4-5-17-15-18(8-11-20(17)25)21(26)24-12-2-1-3-13-24/h6-11,15H,1-5,12-14H2. The molecule has 2 amide bonds. The summed E-state index contributed by atoms with van der Waals surface area (Å²) in [5.41, 5.74) is 3.35. The number of amides is 2. The Labute approximate surface area is 164 Å². The molecule has 2 aliphatic rings. The van der Waals surface area contributed by atoms with E-state index in [-0.39, 0.29) is 11.8 Å². The van der Waals surface area contributed by atoms with E-state index in [1.807, 2.05) is 28.0 Å². The molecule has 0 aromatic heterocycles. The Hall–Kier alpha value is -2.33. The third-order valence-corrected chi connectivity index (χ3v) is 5.68. The smallest absolute Gasteiger partial charge is 0.258 e. The van der Waals surface area contributed by atoms with Crippen molar-refractivity contribution in [3.8, 4) is 0 Å². The molecule has 1 saturated heterocycles. The van der Waals surface area contributed by atoms with Gasteiger partial charge in [0.05, 0.1) is 0 Å². The zero-order chi connectivity index (χ0) is 18.8. The lowest BCUT2D eigenvalue weighted by molar-refractivity contribution is 0.0724. The van der Waals surface area contributed by atoms with Crippen LogP contribution in [0.3, 0.4) is 0 Å². The van der Waals surface area contributed by atoms with E-state index in [4.69, 9.17) is 11.6 Å². The Morgan fingerprint density at radius 2 is 1.48 bits per heavy atom. The van der Waals surface area contributed by atoms with Crippen molar-refractivity contribution >= 4 is 29.1 Å². The number of benzene rings is 2. The van der Waals surface area contributed by atoms with Crippen molar-refractivity contribution < 1.29 is 9.59 Å². The molecule has 0 bridgehead atoms. The molecule has 2 aromatic carbocycles. The molecule has 0 aliphatic carbocycles. The summed E-state index contributed by atoms with van der Waals surface area (Å²) in [5, 5.41) is 0.617. The number of anilines is 1. The second-order valence-corrected chi connectivity index (χ2v) is 7.70. The maximum absolute atomic E-state index is 12.9. The van der Waals surface area contributed by atoms with Gasteiger partial charge in [0.25, 0.3) is 11.8 Å². The lowest BCUT2D eigenvalue weighted by atomic mass is 9.97. The van der Waals surface area contributed by atoms with Gasteiger partial charge in [-0.15, -0.1) is 0 Å². The third kappa shape index (κ3) is 3.72. The number of carbonyl (C=O) groups excluding carboxylic acids is 2. The fraction of sp³-hybridized carbons (Fsp3) is 0.364. The Balaban J connectivity index is 1.59. The average molecular weight is 383 g/mol. The van der Waals surface area contributed by atoms with Gasteiger partial charge >= 0.3 is 0 Å². The molecular weight excluding hydrogens is 360 g/mol. The minimum absolute atomic E-state index is 0.0253. The first kappa shape index (κ1) is 18.1. The summed E-state index contributed by atoms with van der Waals surface area (Å²) < 4.78 is 0.